The van der Waals surface area contributed by atoms with Crippen LogP contribution in [0.15, 0.2) is 58.6 Å². The minimum absolute atomic E-state index is 0.679. The average Bonchev–Trinajstić information content (AvgIpc) is 2.71. The van der Waals surface area contributed by atoms with E-state index >= 15 is 0 Å². The largest absolute Gasteiger partial charge is 0.497 e. The van der Waals surface area contributed by atoms with Gasteiger partial charge in [-0.05, 0) is 23.8 Å². The molecule has 0 saturated carbocycles. The lowest BCUT2D eigenvalue weighted by atomic mass is 10.2. The smallest absolute Gasteiger partial charge is 0.118 e. The van der Waals surface area contributed by atoms with E-state index < -0.39 is 0 Å². The van der Waals surface area contributed by atoms with Crippen LogP contribution in [0.1, 0.15) is 11.1 Å². The monoisotopic (exact) mass is 265 g/mol. The summed E-state index contributed by atoms with van der Waals surface area (Å²) in [5, 5.41) is 6.25. The van der Waals surface area contributed by atoms with Crippen molar-refractivity contribution in [3.05, 3.63) is 59.7 Å². The Morgan fingerprint density at radius 3 is 2.65 bits per heavy atom. The number of hydrogen-bond donors (Lipinski definition) is 0. The average molecular weight is 265 g/mol. The Bertz CT molecular complexity index is 614. The number of nitrogens with zero attached hydrogens (tertiary/aromatic N) is 3. The molecule has 0 amide bonds. The van der Waals surface area contributed by atoms with E-state index in [0.717, 1.165) is 22.6 Å². The first-order valence-corrected chi connectivity index (χ1v) is 6.42. The first-order chi connectivity index (χ1) is 9.85. The van der Waals surface area contributed by atoms with E-state index in [9.17, 15) is 0 Å². The highest BCUT2D eigenvalue weighted by atomic mass is 16.5. The van der Waals surface area contributed by atoms with Gasteiger partial charge in [-0.2, -0.15) is 5.10 Å². The molecule has 0 unspecified atom stereocenters. The summed E-state index contributed by atoms with van der Waals surface area (Å²) in [7, 11) is 1.66. The highest BCUT2D eigenvalue weighted by Gasteiger charge is 2.05. The molecule has 3 rings (SSSR count). The highest BCUT2D eigenvalue weighted by molar-refractivity contribution is 5.89. The number of methoxy groups -OCH3 is 1. The van der Waals surface area contributed by atoms with Crippen LogP contribution in [-0.4, -0.2) is 24.7 Å². The summed E-state index contributed by atoms with van der Waals surface area (Å²) in [6.07, 6.45) is 3.60. The van der Waals surface area contributed by atoms with E-state index in [1.54, 1.807) is 13.4 Å². The molecule has 100 valence electrons. The maximum absolute atomic E-state index is 5.15. The Balaban J connectivity index is 1.76. The fourth-order valence-electron chi connectivity index (χ4n) is 2.01. The van der Waals surface area contributed by atoms with Crippen molar-refractivity contribution in [1.82, 2.24) is 5.01 Å². The zero-order valence-electron chi connectivity index (χ0n) is 11.2. The number of benzene rings is 2. The van der Waals surface area contributed by atoms with Gasteiger partial charge in [-0.15, -0.1) is 0 Å². The Labute approximate surface area is 118 Å². The molecule has 1 aliphatic rings. The highest BCUT2D eigenvalue weighted by Crippen LogP contribution is 2.19. The molecule has 0 bridgehead atoms. The van der Waals surface area contributed by atoms with Gasteiger partial charge in [0.25, 0.3) is 0 Å². The van der Waals surface area contributed by atoms with Crippen LogP contribution >= 0.6 is 0 Å². The number of fused-ring (bicyclic) bond motifs is 1. The molecule has 4 nitrogen and oxygen atoms in total. The molecule has 0 fully saturated rings. The van der Waals surface area contributed by atoms with Gasteiger partial charge in [0.1, 0.15) is 12.1 Å². The van der Waals surface area contributed by atoms with Gasteiger partial charge >= 0.3 is 0 Å². The first kappa shape index (κ1) is 12.4. The second kappa shape index (κ2) is 5.57. The quantitative estimate of drug-likeness (QED) is 0.854. The standard InChI is InChI=1S/C16H15N3O/c1-20-15-8-6-13(7-9-15)11-19-12-17-16-5-3-2-4-14(16)10-18-19/h2-10,12H,11H2,1H3. The molecule has 0 aromatic heterocycles. The van der Waals surface area contributed by atoms with Gasteiger partial charge in [0.15, 0.2) is 0 Å². The first-order valence-electron chi connectivity index (χ1n) is 6.42. The van der Waals surface area contributed by atoms with E-state index in [4.69, 9.17) is 4.74 Å². The zero-order valence-corrected chi connectivity index (χ0v) is 11.2. The van der Waals surface area contributed by atoms with Crippen LogP contribution in [-0.2, 0) is 6.54 Å². The molecule has 2 aromatic carbocycles. The van der Waals surface area contributed by atoms with Crippen LogP contribution in [0.2, 0.25) is 0 Å². The van der Waals surface area contributed by atoms with Crippen molar-refractivity contribution in [2.24, 2.45) is 10.1 Å². The summed E-state index contributed by atoms with van der Waals surface area (Å²) < 4.78 is 5.15. The maximum atomic E-state index is 5.15. The van der Waals surface area contributed by atoms with Crippen LogP contribution in [0, 0.1) is 0 Å². The third kappa shape index (κ3) is 2.69. The van der Waals surface area contributed by atoms with Crippen molar-refractivity contribution in [3.63, 3.8) is 0 Å². The van der Waals surface area contributed by atoms with Crippen molar-refractivity contribution in [1.29, 1.82) is 0 Å². The molecule has 4 heteroatoms. The fraction of sp³-hybridized carbons (Fsp3) is 0.125. The number of para-hydroxylation sites is 1. The third-order valence-corrected chi connectivity index (χ3v) is 3.12. The fourth-order valence-corrected chi connectivity index (χ4v) is 2.01. The van der Waals surface area contributed by atoms with Gasteiger partial charge in [-0.1, -0.05) is 30.3 Å². The maximum Gasteiger partial charge on any atom is 0.118 e. The predicted molar refractivity (Wildman–Crippen MR) is 80.7 cm³/mol. The predicted octanol–water partition coefficient (Wildman–Crippen LogP) is 3.20. The molecule has 1 heterocycles. The summed E-state index contributed by atoms with van der Waals surface area (Å²) in [6.45, 7) is 0.679. The molecule has 0 N–H and O–H groups in total. The van der Waals surface area contributed by atoms with Crippen molar-refractivity contribution in [2.75, 3.05) is 7.11 Å². The van der Waals surface area contributed by atoms with Gasteiger partial charge in [0.05, 0.1) is 25.6 Å². The summed E-state index contributed by atoms with van der Waals surface area (Å²) in [5.74, 6) is 0.856. The van der Waals surface area contributed by atoms with E-state index in [0.29, 0.717) is 6.54 Å². The van der Waals surface area contributed by atoms with E-state index in [-0.39, 0.29) is 0 Å². The van der Waals surface area contributed by atoms with Crippen LogP contribution in [0.5, 0.6) is 5.75 Å². The lowest BCUT2D eigenvalue weighted by Crippen LogP contribution is -2.14. The summed E-state index contributed by atoms with van der Waals surface area (Å²) in [5.41, 5.74) is 3.12. The number of aliphatic imine (C=N–C) groups is 1. The van der Waals surface area contributed by atoms with E-state index in [1.807, 2.05) is 59.8 Å². The third-order valence-electron chi connectivity index (χ3n) is 3.12. The topological polar surface area (TPSA) is 37.2 Å². The van der Waals surface area contributed by atoms with Crippen molar-refractivity contribution >= 4 is 18.2 Å². The SMILES string of the molecule is COc1ccc(CN2C=Nc3ccccc3C=N2)cc1. The van der Waals surface area contributed by atoms with Crippen LogP contribution in [0.4, 0.5) is 5.69 Å². The molecule has 0 atom stereocenters. The Kier molecular flexibility index (Phi) is 3.46. The molecular formula is C16H15N3O. The van der Waals surface area contributed by atoms with Gasteiger partial charge < -0.3 is 4.74 Å². The molecule has 2 aromatic rings. The number of hydrogen-bond acceptors (Lipinski definition) is 4. The molecule has 20 heavy (non-hydrogen) atoms. The second-order valence-corrected chi connectivity index (χ2v) is 4.49. The summed E-state index contributed by atoms with van der Waals surface area (Å²) >= 11 is 0. The lowest BCUT2D eigenvalue weighted by Gasteiger charge is -2.12. The Hall–Kier alpha value is -2.62. The van der Waals surface area contributed by atoms with Crippen molar-refractivity contribution in [2.45, 2.75) is 6.54 Å². The minimum Gasteiger partial charge on any atom is -0.497 e. The zero-order chi connectivity index (χ0) is 13.8. The normalized spacial score (nSPS) is 12.9. The van der Waals surface area contributed by atoms with Gasteiger partial charge in [0, 0.05) is 5.56 Å². The van der Waals surface area contributed by atoms with Crippen LogP contribution < -0.4 is 4.74 Å². The van der Waals surface area contributed by atoms with Gasteiger partial charge in [-0.3, -0.25) is 5.01 Å². The van der Waals surface area contributed by atoms with Gasteiger partial charge in [0.2, 0.25) is 0 Å². The van der Waals surface area contributed by atoms with Crippen molar-refractivity contribution < 1.29 is 4.74 Å². The van der Waals surface area contributed by atoms with Crippen LogP contribution in [0.3, 0.4) is 0 Å². The minimum atomic E-state index is 0.679. The molecule has 0 saturated heterocycles. The number of hydrazone groups is 1. The van der Waals surface area contributed by atoms with E-state index in [2.05, 4.69) is 10.1 Å². The molecule has 0 spiro atoms. The summed E-state index contributed by atoms with van der Waals surface area (Å²) in [6, 6.07) is 15.9. The molecular weight excluding hydrogens is 250 g/mol. The molecule has 1 aliphatic heterocycles. The lowest BCUT2D eigenvalue weighted by molar-refractivity contribution is 0.413. The Morgan fingerprint density at radius 1 is 1.05 bits per heavy atom. The number of ether oxygens (including phenoxy) is 1. The summed E-state index contributed by atoms with van der Waals surface area (Å²) in [4.78, 5) is 4.45. The van der Waals surface area contributed by atoms with Crippen molar-refractivity contribution in [3.8, 4) is 5.75 Å². The Morgan fingerprint density at radius 2 is 1.85 bits per heavy atom. The number of rotatable bonds is 3. The van der Waals surface area contributed by atoms with E-state index in [1.165, 1.54) is 0 Å². The molecule has 0 radical (unpaired) electrons. The molecule has 0 aliphatic carbocycles. The second-order valence-electron chi connectivity index (χ2n) is 4.49. The van der Waals surface area contributed by atoms with Gasteiger partial charge in [-0.25, -0.2) is 4.99 Å². The van der Waals surface area contributed by atoms with Crippen LogP contribution in [0.25, 0.3) is 0 Å².